The summed E-state index contributed by atoms with van der Waals surface area (Å²) < 4.78 is 9.16. The molecule has 0 aliphatic carbocycles. The molecule has 2 rings (SSSR count). The number of hydrogen-bond donors (Lipinski definition) is 1. The van der Waals surface area contributed by atoms with Crippen molar-refractivity contribution >= 4 is 0 Å². The molecule has 2 aromatic rings. The summed E-state index contributed by atoms with van der Waals surface area (Å²) in [5.74, 6) is 0.749. The fraction of sp³-hybridized carbons (Fsp3) is 0.571. The van der Waals surface area contributed by atoms with E-state index < -0.39 is 0 Å². The van der Waals surface area contributed by atoms with E-state index in [1.807, 2.05) is 30.3 Å². The molecule has 1 atom stereocenters. The summed E-state index contributed by atoms with van der Waals surface area (Å²) in [6.07, 6.45) is 2.45. The number of aryl methyl sites for hydroxylation is 3. The van der Waals surface area contributed by atoms with Crippen LogP contribution in [0.25, 0.3) is 0 Å². The molecule has 20 heavy (non-hydrogen) atoms. The highest BCUT2D eigenvalue weighted by molar-refractivity contribution is 5.32. The molecule has 0 saturated carbocycles. The molecule has 2 heterocycles. The molecule has 110 valence electrons. The first kappa shape index (κ1) is 14.6. The highest BCUT2D eigenvalue weighted by Crippen LogP contribution is 2.27. The van der Waals surface area contributed by atoms with Gasteiger partial charge < -0.3 is 10.5 Å². The van der Waals surface area contributed by atoms with E-state index in [9.17, 15) is 0 Å². The molecule has 2 N–H and O–H groups in total. The van der Waals surface area contributed by atoms with Crippen LogP contribution < -0.4 is 10.5 Å². The van der Waals surface area contributed by atoms with E-state index in [0.717, 1.165) is 35.8 Å². The number of rotatable bonds is 5. The smallest absolute Gasteiger partial charge is 0.161 e. The number of methoxy groups -OCH3 is 1. The second-order valence-corrected chi connectivity index (χ2v) is 5.00. The van der Waals surface area contributed by atoms with Crippen LogP contribution in [0.4, 0.5) is 0 Å². The Balaban J connectivity index is 2.32. The van der Waals surface area contributed by atoms with Crippen LogP contribution in [0.2, 0.25) is 0 Å². The Kier molecular flexibility index (Phi) is 4.13. The van der Waals surface area contributed by atoms with E-state index in [0.29, 0.717) is 0 Å². The Hall–Kier alpha value is -1.82. The highest BCUT2D eigenvalue weighted by atomic mass is 16.5. The van der Waals surface area contributed by atoms with Crippen molar-refractivity contribution in [3.8, 4) is 5.75 Å². The van der Waals surface area contributed by atoms with Crippen molar-refractivity contribution in [3.05, 3.63) is 28.8 Å². The van der Waals surface area contributed by atoms with Crippen LogP contribution in [0.15, 0.2) is 6.20 Å². The van der Waals surface area contributed by atoms with Crippen molar-refractivity contribution in [1.29, 1.82) is 0 Å². The average molecular weight is 277 g/mol. The van der Waals surface area contributed by atoms with Crippen molar-refractivity contribution in [3.63, 3.8) is 0 Å². The molecule has 0 aromatic carbocycles. The minimum Gasteiger partial charge on any atom is -0.493 e. The van der Waals surface area contributed by atoms with Gasteiger partial charge in [-0.3, -0.25) is 9.36 Å². The molecule has 0 aliphatic heterocycles. The third kappa shape index (κ3) is 2.43. The molecule has 0 radical (unpaired) electrons. The van der Waals surface area contributed by atoms with E-state index in [2.05, 4.69) is 17.1 Å². The largest absolute Gasteiger partial charge is 0.493 e. The van der Waals surface area contributed by atoms with Crippen LogP contribution in [-0.2, 0) is 20.0 Å². The molecule has 1 unspecified atom stereocenters. The van der Waals surface area contributed by atoms with Crippen LogP contribution in [0.3, 0.4) is 0 Å². The Morgan fingerprint density at radius 3 is 2.60 bits per heavy atom. The summed E-state index contributed by atoms with van der Waals surface area (Å²) in [5.41, 5.74) is 10.7. The fourth-order valence-corrected chi connectivity index (χ4v) is 2.59. The van der Waals surface area contributed by atoms with Crippen molar-refractivity contribution in [2.24, 2.45) is 12.8 Å². The van der Waals surface area contributed by atoms with Gasteiger partial charge in [-0.2, -0.15) is 10.2 Å². The molecule has 6 nitrogen and oxygen atoms in total. The van der Waals surface area contributed by atoms with Crippen molar-refractivity contribution in [2.45, 2.75) is 39.8 Å². The number of nitrogens with two attached hydrogens (primary N) is 1. The first-order valence-electron chi connectivity index (χ1n) is 6.83. The van der Waals surface area contributed by atoms with Gasteiger partial charge in [0, 0.05) is 19.3 Å². The van der Waals surface area contributed by atoms with Crippen molar-refractivity contribution < 1.29 is 4.74 Å². The summed E-state index contributed by atoms with van der Waals surface area (Å²) >= 11 is 0. The number of ether oxygens (including phenoxy) is 1. The SMILES string of the molecule is CCn1ncc(OC)c1C(N)Cc1c(C)nn(C)c1C. The lowest BCUT2D eigenvalue weighted by Gasteiger charge is -2.15. The maximum absolute atomic E-state index is 6.39. The van der Waals surface area contributed by atoms with Gasteiger partial charge in [0.2, 0.25) is 0 Å². The van der Waals surface area contributed by atoms with Gasteiger partial charge >= 0.3 is 0 Å². The van der Waals surface area contributed by atoms with Crippen LogP contribution >= 0.6 is 0 Å². The molecular formula is C14H23N5O. The maximum atomic E-state index is 6.39. The first-order valence-corrected chi connectivity index (χ1v) is 6.83. The third-order valence-electron chi connectivity index (χ3n) is 3.80. The Labute approximate surface area is 119 Å². The Bertz CT molecular complexity index is 577. The zero-order chi connectivity index (χ0) is 14.9. The normalized spacial score (nSPS) is 12.7. The standard InChI is InChI=1S/C14H23N5O/c1-6-19-14(13(20-5)8-16-19)12(15)7-11-9(2)17-18(4)10(11)3/h8,12H,6-7,15H2,1-5H3. The van der Waals surface area contributed by atoms with Gasteiger partial charge in [0.25, 0.3) is 0 Å². The third-order valence-corrected chi connectivity index (χ3v) is 3.80. The number of nitrogens with zero attached hydrogens (tertiary/aromatic N) is 4. The summed E-state index contributed by atoms with van der Waals surface area (Å²) in [5, 5.41) is 8.75. The predicted molar refractivity (Wildman–Crippen MR) is 77.8 cm³/mol. The van der Waals surface area contributed by atoms with Gasteiger partial charge in [-0.25, -0.2) is 0 Å². The zero-order valence-corrected chi connectivity index (χ0v) is 12.8. The Morgan fingerprint density at radius 2 is 2.10 bits per heavy atom. The summed E-state index contributed by atoms with van der Waals surface area (Å²) in [6.45, 7) is 6.90. The number of hydrogen-bond acceptors (Lipinski definition) is 4. The fourth-order valence-electron chi connectivity index (χ4n) is 2.59. The Morgan fingerprint density at radius 1 is 1.40 bits per heavy atom. The zero-order valence-electron chi connectivity index (χ0n) is 12.8. The molecule has 2 aromatic heterocycles. The molecule has 0 amide bonds. The van der Waals surface area contributed by atoms with E-state index in [4.69, 9.17) is 10.5 Å². The topological polar surface area (TPSA) is 70.9 Å². The van der Waals surface area contributed by atoms with Gasteiger partial charge in [0.05, 0.1) is 30.7 Å². The van der Waals surface area contributed by atoms with Gasteiger partial charge in [0.1, 0.15) is 0 Å². The summed E-state index contributed by atoms with van der Waals surface area (Å²) in [4.78, 5) is 0. The molecule has 0 fully saturated rings. The van der Waals surface area contributed by atoms with E-state index in [-0.39, 0.29) is 6.04 Å². The lowest BCUT2D eigenvalue weighted by Crippen LogP contribution is -2.19. The van der Waals surface area contributed by atoms with Gasteiger partial charge in [-0.1, -0.05) is 0 Å². The van der Waals surface area contributed by atoms with E-state index >= 15 is 0 Å². The predicted octanol–water partition coefficient (Wildman–Crippen LogP) is 1.50. The molecule has 0 spiro atoms. The lowest BCUT2D eigenvalue weighted by atomic mass is 10.0. The van der Waals surface area contributed by atoms with Crippen LogP contribution in [-0.4, -0.2) is 26.7 Å². The van der Waals surface area contributed by atoms with Crippen molar-refractivity contribution in [1.82, 2.24) is 19.6 Å². The second-order valence-electron chi connectivity index (χ2n) is 5.00. The summed E-state index contributed by atoms with van der Waals surface area (Å²) in [6, 6.07) is -0.158. The van der Waals surface area contributed by atoms with Crippen LogP contribution in [0.1, 0.15) is 35.6 Å². The van der Waals surface area contributed by atoms with E-state index in [1.54, 1.807) is 13.3 Å². The first-order chi connectivity index (χ1) is 9.49. The minimum atomic E-state index is -0.158. The molecule has 6 heteroatoms. The average Bonchev–Trinajstić information content (AvgIpc) is 2.95. The monoisotopic (exact) mass is 277 g/mol. The number of aromatic nitrogens is 4. The van der Waals surface area contributed by atoms with Gasteiger partial charge in [-0.05, 0) is 32.8 Å². The lowest BCUT2D eigenvalue weighted by molar-refractivity contribution is 0.401. The minimum absolute atomic E-state index is 0.158. The molecular weight excluding hydrogens is 254 g/mol. The quantitative estimate of drug-likeness (QED) is 0.899. The molecule has 0 aliphatic rings. The summed E-state index contributed by atoms with van der Waals surface area (Å²) in [7, 11) is 3.60. The van der Waals surface area contributed by atoms with Crippen LogP contribution in [0.5, 0.6) is 5.75 Å². The maximum Gasteiger partial charge on any atom is 0.161 e. The second kappa shape index (κ2) is 5.66. The molecule has 0 bridgehead atoms. The van der Waals surface area contributed by atoms with Crippen LogP contribution in [0, 0.1) is 13.8 Å². The van der Waals surface area contributed by atoms with E-state index in [1.165, 1.54) is 5.56 Å². The van der Waals surface area contributed by atoms with Gasteiger partial charge in [0.15, 0.2) is 5.75 Å². The van der Waals surface area contributed by atoms with Gasteiger partial charge in [-0.15, -0.1) is 0 Å². The molecule has 0 saturated heterocycles. The highest BCUT2D eigenvalue weighted by Gasteiger charge is 2.21. The van der Waals surface area contributed by atoms with Crippen molar-refractivity contribution in [2.75, 3.05) is 7.11 Å².